The molecule has 0 heterocycles. The van der Waals surface area contributed by atoms with E-state index in [0.717, 1.165) is 6.26 Å². The molecule has 0 saturated heterocycles. The third-order valence-electron chi connectivity index (χ3n) is 3.41. The molecule has 2 rings (SSSR count). The van der Waals surface area contributed by atoms with Gasteiger partial charge in [0.25, 0.3) is 5.91 Å². The number of amides is 1. The molecule has 26 heavy (non-hydrogen) atoms. The Morgan fingerprint density at radius 2 is 1.62 bits per heavy atom. The van der Waals surface area contributed by atoms with Crippen LogP contribution in [0.25, 0.3) is 0 Å². The third kappa shape index (κ3) is 4.79. The van der Waals surface area contributed by atoms with Gasteiger partial charge in [-0.25, -0.2) is 8.42 Å². The van der Waals surface area contributed by atoms with Crippen molar-refractivity contribution in [2.75, 3.05) is 37.6 Å². The quantitative estimate of drug-likeness (QED) is 0.764. The van der Waals surface area contributed by atoms with E-state index >= 15 is 0 Å². The van der Waals surface area contributed by atoms with Crippen LogP contribution in [0.3, 0.4) is 0 Å². The third-order valence-corrected chi connectivity index (χ3v) is 4.00. The molecule has 0 aliphatic carbocycles. The highest BCUT2D eigenvalue weighted by molar-refractivity contribution is 7.92. The van der Waals surface area contributed by atoms with Crippen molar-refractivity contribution in [2.45, 2.75) is 0 Å². The molecule has 140 valence electrons. The molecule has 9 heteroatoms. The van der Waals surface area contributed by atoms with Gasteiger partial charge in [-0.15, -0.1) is 0 Å². The highest BCUT2D eigenvalue weighted by Gasteiger charge is 2.15. The zero-order valence-electron chi connectivity index (χ0n) is 14.8. The maximum Gasteiger partial charge on any atom is 0.259 e. The molecule has 0 saturated carbocycles. The van der Waals surface area contributed by atoms with Crippen LogP contribution in [0.5, 0.6) is 17.2 Å². The minimum Gasteiger partial charge on any atom is -0.497 e. The lowest BCUT2D eigenvalue weighted by atomic mass is 10.1. The first kappa shape index (κ1) is 19.4. The Bertz CT molecular complexity index is 911. The van der Waals surface area contributed by atoms with E-state index < -0.39 is 15.9 Å². The predicted molar refractivity (Wildman–Crippen MR) is 99.0 cm³/mol. The van der Waals surface area contributed by atoms with Crippen LogP contribution in [0.2, 0.25) is 0 Å². The standard InChI is InChI=1S/C17H20N2O6S/c1-23-12-6-7-13(15(10-12)24-2)17(20)18-11-5-8-14(16(9-11)25-3)19-26(4,21)22/h5-10,19H,1-4H3,(H,18,20). The zero-order chi connectivity index (χ0) is 19.3. The van der Waals surface area contributed by atoms with Crippen LogP contribution < -0.4 is 24.2 Å². The first-order chi connectivity index (χ1) is 12.3. The summed E-state index contributed by atoms with van der Waals surface area (Å²) in [6.07, 6.45) is 1.04. The van der Waals surface area contributed by atoms with Gasteiger partial charge in [0.05, 0.1) is 38.8 Å². The summed E-state index contributed by atoms with van der Waals surface area (Å²) in [7, 11) is 0.933. The number of hydrogen-bond donors (Lipinski definition) is 2. The Morgan fingerprint density at radius 3 is 2.19 bits per heavy atom. The van der Waals surface area contributed by atoms with E-state index in [2.05, 4.69) is 10.0 Å². The lowest BCUT2D eigenvalue weighted by Crippen LogP contribution is -2.14. The Labute approximate surface area is 152 Å². The van der Waals surface area contributed by atoms with E-state index in [1.54, 1.807) is 24.3 Å². The lowest BCUT2D eigenvalue weighted by molar-refractivity contribution is 0.102. The van der Waals surface area contributed by atoms with Crippen molar-refractivity contribution in [3.63, 3.8) is 0 Å². The van der Waals surface area contributed by atoms with E-state index in [4.69, 9.17) is 14.2 Å². The molecule has 0 radical (unpaired) electrons. The Morgan fingerprint density at radius 1 is 0.923 bits per heavy atom. The summed E-state index contributed by atoms with van der Waals surface area (Å²) in [4.78, 5) is 12.5. The van der Waals surface area contributed by atoms with E-state index in [1.807, 2.05) is 0 Å². The smallest absolute Gasteiger partial charge is 0.259 e. The van der Waals surface area contributed by atoms with Gasteiger partial charge in [-0.1, -0.05) is 0 Å². The first-order valence-corrected chi connectivity index (χ1v) is 9.35. The van der Waals surface area contributed by atoms with Crippen LogP contribution in [0.1, 0.15) is 10.4 Å². The molecule has 0 aromatic heterocycles. The number of ether oxygens (including phenoxy) is 3. The second-order valence-electron chi connectivity index (χ2n) is 5.31. The molecule has 2 aromatic carbocycles. The molecule has 0 aliphatic heterocycles. The summed E-state index contributed by atoms with van der Waals surface area (Å²) in [6.45, 7) is 0. The van der Waals surface area contributed by atoms with E-state index in [0.29, 0.717) is 22.7 Å². The fourth-order valence-corrected chi connectivity index (χ4v) is 2.81. The van der Waals surface area contributed by atoms with Gasteiger partial charge < -0.3 is 19.5 Å². The number of nitrogens with one attached hydrogen (secondary N) is 2. The monoisotopic (exact) mass is 380 g/mol. The molecule has 2 N–H and O–H groups in total. The van der Waals surface area contributed by atoms with Gasteiger partial charge in [-0.05, 0) is 24.3 Å². The maximum absolute atomic E-state index is 12.5. The lowest BCUT2D eigenvalue weighted by Gasteiger charge is -2.13. The Kier molecular flexibility index (Phi) is 5.93. The van der Waals surface area contributed by atoms with Gasteiger partial charge in [0.15, 0.2) is 0 Å². The Balaban J connectivity index is 2.27. The number of carbonyl (C=O) groups excluding carboxylic acids is 1. The molecule has 1 amide bonds. The van der Waals surface area contributed by atoms with Crippen molar-refractivity contribution in [2.24, 2.45) is 0 Å². The van der Waals surface area contributed by atoms with Crippen LogP contribution in [0.15, 0.2) is 36.4 Å². The van der Waals surface area contributed by atoms with Crippen LogP contribution in [0, 0.1) is 0 Å². The summed E-state index contributed by atoms with van der Waals surface area (Å²) < 4.78 is 40.6. The number of methoxy groups -OCH3 is 3. The number of anilines is 2. The molecule has 8 nitrogen and oxygen atoms in total. The van der Waals surface area contributed by atoms with Gasteiger partial charge in [-0.2, -0.15) is 0 Å². The number of hydrogen-bond acceptors (Lipinski definition) is 6. The summed E-state index contributed by atoms with van der Waals surface area (Å²) in [6, 6.07) is 9.42. The molecule has 0 spiro atoms. The number of sulfonamides is 1. The predicted octanol–water partition coefficient (Wildman–Crippen LogP) is 2.34. The molecule has 0 atom stereocenters. The number of benzene rings is 2. The van der Waals surface area contributed by atoms with Gasteiger partial charge in [-0.3, -0.25) is 9.52 Å². The molecule has 0 bridgehead atoms. The largest absolute Gasteiger partial charge is 0.497 e. The molecule has 0 aliphatic rings. The van der Waals surface area contributed by atoms with Crippen molar-refractivity contribution < 1.29 is 27.4 Å². The van der Waals surface area contributed by atoms with Crippen molar-refractivity contribution in [1.29, 1.82) is 0 Å². The Hall–Kier alpha value is -2.94. The average Bonchev–Trinajstić information content (AvgIpc) is 2.61. The SMILES string of the molecule is COc1ccc(C(=O)Nc2ccc(NS(C)(=O)=O)c(OC)c2)c(OC)c1. The second kappa shape index (κ2) is 7.96. The fourth-order valence-electron chi connectivity index (χ4n) is 2.24. The number of rotatable bonds is 7. The van der Waals surface area contributed by atoms with Crippen molar-refractivity contribution in [3.05, 3.63) is 42.0 Å². The summed E-state index contributed by atoms with van der Waals surface area (Å²) >= 11 is 0. The van der Waals surface area contributed by atoms with Gasteiger partial charge >= 0.3 is 0 Å². The van der Waals surface area contributed by atoms with Crippen molar-refractivity contribution in [3.8, 4) is 17.2 Å². The molecule has 2 aromatic rings. The molecular formula is C17H20N2O6S. The van der Waals surface area contributed by atoms with Gasteiger partial charge in [0.2, 0.25) is 10.0 Å². The van der Waals surface area contributed by atoms with Crippen LogP contribution in [-0.4, -0.2) is 41.9 Å². The van der Waals surface area contributed by atoms with Crippen LogP contribution >= 0.6 is 0 Å². The van der Waals surface area contributed by atoms with Gasteiger partial charge in [0, 0.05) is 17.8 Å². The zero-order valence-corrected chi connectivity index (χ0v) is 15.6. The molecule has 0 unspecified atom stereocenters. The number of carbonyl (C=O) groups is 1. The highest BCUT2D eigenvalue weighted by Crippen LogP contribution is 2.30. The maximum atomic E-state index is 12.5. The van der Waals surface area contributed by atoms with Crippen molar-refractivity contribution >= 4 is 27.3 Å². The topological polar surface area (TPSA) is 103 Å². The molecule has 0 fully saturated rings. The van der Waals surface area contributed by atoms with Gasteiger partial charge in [0.1, 0.15) is 17.2 Å². The van der Waals surface area contributed by atoms with E-state index in [-0.39, 0.29) is 11.4 Å². The second-order valence-corrected chi connectivity index (χ2v) is 7.06. The minimum absolute atomic E-state index is 0.273. The normalized spacial score (nSPS) is 10.8. The van der Waals surface area contributed by atoms with Crippen molar-refractivity contribution in [1.82, 2.24) is 0 Å². The minimum atomic E-state index is -3.45. The molecular weight excluding hydrogens is 360 g/mol. The first-order valence-electron chi connectivity index (χ1n) is 7.46. The fraction of sp³-hybridized carbons (Fsp3) is 0.235. The highest BCUT2D eigenvalue weighted by atomic mass is 32.2. The van der Waals surface area contributed by atoms with Crippen LogP contribution in [0.4, 0.5) is 11.4 Å². The summed E-state index contributed by atoms with van der Waals surface area (Å²) in [5.74, 6) is 0.811. The summed E-state index contributed by atoms with van der Waals surface area (Å²) in [5.41, 5.74) is 1.03. The average molecular weight is 380 g/mol. The van der Waals surface area contributed by atoms with E-state index in [9.17, 15) is 13.2 Å². The van der Waals surface area contributed by atoms with E-state index in [1.165, 1.54) is 33.5 Å². The van der Waals surface area contributed by atoms with Crippen LogP contribution in [-0.2, 0) is 10.0 Å². The summed E-state index contributed by atoms with van der Waals surface area (Å²) in [5, 5.41) is 2.72.